The number of piperazine rings is 1. The first-order valence-electron chi connectivity index (χ1n) is 11.1. The van der Waals surface area contributed by atoms with Gasteiger partial charge in [-0.25, -0.2) is 9.98 Å². The van der Waals surface area contributed by atoms with Gasteiger partial charge >= 0.3 is 0 Å². The van der Waals surface area contributed by atoms with E-state index < -0.39 is 0 Å². The summed E-state index contributed by atoms with van der Waals surface area (Å²) in [5, 5.41) is 6.78. The van der Waals surface area contributed by atoms with Gasteiger partial charge in [-0.1, -0.05) is 12.1 Å². The Morgan fingerprint density at radius 2 is 1.88 bits per heavy atom. The van der Waals surface area contributed by atoms with Crippen molar-refractivity contribution in [1.82, 2.24) is 20.5 Å². The van der Waals surface area contributed by atoms with Crippen LogP contribution in [-0.2, 0) is 13.0 Å². The third-order valence-corrected chi connectivity index (χ3v) is 5.58. The summed E-state index contributed by atoms with van der Waals surface area (Å²) >= 11 is 0. The molecular formula is C24H37IN6O. The number of aryl methyl sites for hydroxylation is 1. The average Bonchev–Trinajstić information content (AvgIpc) is 2.79. The third kappa shape index (κ3) is 7.81. The first-order chi connectivity index (χ1) is 15.1. The lowest BCUT2D eigenvalue weighted by atomic mass is 10.1. The highest BCUT2D eigenvalue weighted by Gasteiger charge is 2.15. The van der Waals surface area contributed by atoms with E-state index >= 15 is 0 Å². The molecule has 0 aliphatic carbocycles. The van der Waals surface area contributed by atoms with Crippen molar-refractivity contribution in [1.29, 1.82) is 0 Å². The number of aliphatic imine (C=N–C) groups is 1. The number of benzene rings is 1. The maximum atomic E-state index is 5.43. The van der Waals surface area contributed by atoms with Crippen LogP contribution < -0.4 is 20.3 Å². The summed E-state index contributed by atoms with van der Waals surface area (Å²) in [6, 6.07) is 10.6. The number of anilines is 1. The fourth-order valence-corrected chi connectivity index (χ4v) is 3.62. The van der Waals surface area contributed by atoms with E-state index in [0.29, 0.717) is 6.54 Å². The van der Waals surface area contributed by atoms with E-state index in [2.05, 4.69) is 70.6 Å². The Hall–Kier alpha value is -2.07. The normalized spacial score (nSPS) is 14.6. The first-order valence-corrected chi connectivity index (χ1v) is 11.1. The molecule has 0 amide bonds. The van der Waals surface area contributed by atoms with Crippen molar-refractivity contribution in [3.8, 4) is 5.75 Å². The average molecular weight is 553 g/mol. The van der Waals surface area contributed by atoms with Crippen LogP contribution in [-0.4, -0.2) is 69.3 Å². The lowest BCUT2D eigenvalue weighted by molar-refractivity contribution is 0.312. The summed E-state index contributed by atoms with van der Waals surface area (Å²) in [6.07, 6.45) is 2.80. The summed E-state index contributed by atoms with van der Waals surface area (Å²) < 4.78 is 5.43. The minimum absolute atomic E-state index is 0. The van der Waals surface area contributed by atoms with Crippen molar-refractivity contribution >= 4 is 35.8 Å². The molecule has 2 heterocycles. The zero-order chi connectivity index (χ0) is 22.1. The van der Waals surface area contributed by atoms with Gasteiger partial charge in [0.25, 0.3) is 0 Å². The number of hydrogen-bond donors (Lipinski definition) is 2. The Balaban J connectivity index is 0.00000363. The minimum atomic E-state index is 0. The number of nitrogens with one attached hydrogen (secondary N) is 2. The van der Waals surface area contributed by atoms with Gasteiger partial charge in [-0.05, 0) is 62.2 Å². The molecular weight excluding hydrogens is 515 g/mol. The fourth-order valence-electron chi connectivity index (χ4n) is 3.62. The van der Waals surface area contributed by atoms with Crippen LogP contribution in [0.5, 0.6) is 5.75 Å². The Morgan fingerprint density at radius 1 is 1.09 bits per heavy atom. The SMILES string of the molecule is CCNC(=NCc1ccnc(N2CCN(C)CC2)c1)NCCc1ccc(C)c(OC)c1.I. The largest absolute Gasteiger partial charge is 0.496 e. The molecule has 0 saturated carbocycles. The zero-order valence-corrected chi connectivity index (χ0v) is 22.1. The Morgan fingerprint density at radius 3 is 2.59 bits per heavy atom. The van der Waals surface area contributed by atoms with E-state index in [1.807, 2.05) is 12.3 Å². The predicted octanol–water partition coefficient (Wildman–Crippen LogP) is 3.07. The third-order valence-electron chi connectivity index (χ3n) is 5.58. The number of guanidine groups is 1. The topological polar surface area (TPSA) is 65.0 Å². The lowest BCUT2D eigenvalue weighted by Gasteiger charge is -2.33. The highest BCUT2D eigenvalue weighted by Crippen LogP contribution is 2.19. The predicted molar refractivity (Wildman–Crippen MR) is 144 cm³/mol. The number of hydrogen-bond acceptors (Lipinski definition) is 5. The van der Waals surface area contributed by atoms with E-state index in [1.165, 1.54) is 11.1 Å². The van der Waals surface area contributed by atoms with Crippen LogP contribution in [0.1, 0.15) is 23.6 Å². The monoisotopic (exact) mass is 552 g/mol. The highest BCUT2D eigenvalue weighted by atomic mass is 127. The van der Waals surface area contributed by atoms with Gasteiger partial charge in [0.1, 0.15) is 11.6 Å². The van der Waals surface area contributed by atoms with E-state index in [9.17, 15) is 0 Å². The molecule has 0 radical (unpaired) electrons. The number of ether oxygens (including phenoxy) is 1. The number of nitrogens with zero attached hydrogens (tertiary/aromatic N) is 4. The summed E-state index contributed by atoms with van der Waals surface area (Å²) in [7, 11) is 3.88. The van der Waals surface area contributed by atoms with Gasteiger partial charge in [0.15, 0.2) is 5.96 Å². The van der Waals surface area contributed by atoms with E-state index in [-0.39, 0.29) is 24.0 Å². The number of rotatable bonds is 8. The van der Waals surface area contributed by atoms with E-state index in [1.54, 1.807) is 7.11 Å². The molecule has 2 N–H and O–H groups in total. The molecule has 1 fully saturated rings. The molecule has 8 heteroatoms. The smallest absolute Gasteiger partial charge is 0.191 e. The van der Waals surface area contributed by atoms with Crippen molar-refractivity contribution in [2.75, 3.05) is 58.3 Å². The van der Waals surface area contributed by atoms with Gasteiger partial charge in [-0.15, -0.1) is 24.0 Å². The number of aromatic nitrogens is 1. The van der Waals surface area contributed by atoms with Crippen LogP contribution in [0, 0.1) is 6.92 Å². The number of methoxy groups -OCH3 is 1. The van der Waals surface area contributed by atoms with Gasteiger partial charge in [0.05, 0.1) is 13.7 Å². The van der Waals surface area contributed by atoms with Crippen molar-refractivity contribution in [3.63, 3.8) is 0 Å². The van der Waals surface area contributed by atoms with Gasteiger partial charge in [-0.3, -0.25) is 0 Å². The van der Waals surface area contributed by atoms with Crippen molar-refractivity contribution in [2.45, 2.75) is 26.8 Å². The number of likely N-dealkylation sites (N-methyl/N-ethyl adjacent to an activating group) is 1. The summed E-state index contributed by atoms with van der Waals surface area (Å²) in [5.74, 6) is 2.82. The Bertz CT molecular complexity index is 867. The maximum absolute atomic E-state index is 5.43. The maximum Gasteiger partial charge on any atom is 0.191 e. The van der Waals surface area contributed by atoms with Crippen molar-refractivity contribution in [3.05, 3.63) is 53.2 Å². The second-order valence-electron chi connectivity index (χ2n) is 7.99. The Kier molecular flexibility index (Phi) is 11.0. The molecule has 0 bridgehead atoms. The number of pyridine rings is 1. The molecule has 0 spiro atoms. The van der Waals surface area contributed by atoms with Gasteiger partial charge in [0, 0.05) is 45.5 Å². The van der Waals surface area contributed by atoms with E-state index in [4.69, 9.17) is 9.73 Å². The minimum Gasteiger partial charge on any atom is -0.496 e. The van der Waals surface area contributed by atoms with Crippen molar-refractivity contribution < 1.29 is 4.74 Å². The van der Waals surface area contributed by atoms with Crippen LogP contribution in [0.25, 0.3) is 0 Å². The van der Waals surface area contributed by atoms with E-state index in [0.717, 1.165) is 68.8 Å². The van der Waals surface area contributed by atoms with Crippen LogP contribution in [0.15, 0.2) is 41.5 Å². The molecule has 32 heavy (non-hydrogen) atoms. The van der Waals surface area contributed by atoms with Gasteiger partial charge in [0.2, 0.25) is 0 Å². The molecule has 7 nitrogen and oxygen atoms in total. The molecule has 2 aromatic rings. The van der Waals surface area contributed by atoms with Crippen LogP contribution in [0.4, 0.5) is 5.82 Å². The van der Waals surface area contributed by atoms with Crippen LogP contribution in [0.2, 0.25) is 0 Å². The standard InChI is InChI=1S/C24H36N6O.HI/c1-5-25-24(27-11-8-20-7-6-19(2)22(16-20)31-4)28-18-21-9-10-26-23(17-21)30-14-12-29(3)13-15-30;/h6-7,9-10,16-17H,5,8,11-15,18H2,1-4H3,(H2,25,27,28);1H. The van der Waals surface area contributed by atoms with Gasteiger partial charge < -0.3 is 25.2 Å². The second kappa shape index (κ2) is 13.5. The molecule has 0 atom stereocenters. The highest BCUT2D eigenvalue weighted by molar-refractivity contribution is 14.0. The lowest BCUT2D eigenvalue weighted by Crippen LogP contribution is -2.44. The van der Waals surface area contributed by atoms with Gasteiger partial charge in [-0.2, -0.15) is 0 Å². The molecule has 176 valence electrons. The second-order valence-corrected chi connectivity index (χ2v) is 7.99. The molecule has 1 aliphatic rings. The molecule has 0 unspecified atom stereocenters. The van der Waals surface area contributed by atoms with Crippen LogP contribution in [0.3, 0.4) is 0 Å². The summed E-state index contributed by atoms with van der Waals surface area (Å²) in [5.41, 5.74) is 3.57. The molecule has 1 saturated heterocycles. The molecule has 1 aliphatic heterocycles. The summed E-state index contributed by atoms with van der Waals surface area (Å²) in [6.45, 7) is 10.6. The fraction of sp³-hybridized carbons (Fsp3) is 0.500. The van der Waals surface area contributed by atoms with Crippen LogP contribution >= 0.6 is 24.0 Å². The zero-order valence-electron chi connectivity index (χ0n) is 19.7. The quantitative estimate of drug-likeness (QED) is 0.298. The molecule has 1 aromatic carbocycles. The molecule has 3 rings (SSSR count). The molecule has 1 aromatic heterocycles. The van der Waals surface area contributed by atoms with Crippen molar-refractivity contribution in [2.24, 2.45) is 4.99 Å². The Labute approximate surface area is 209 Å². The summed E-state index contributed by atoms with van der Waals surface area (Å²) in [4.78, 5) is 14.1. The first kappa shape index (κ1) is 26.2. The number of halogens is 1.